The quantitative estimate of drug-likeness (QED) is 0.578. The number of amides is 2. The maximum Gasteiger partial charge on any atom is 0.310 e. The summed E-state index contributed by atoms with van der Waals surface area (Å²) in [6.07, 6.45) is 2.39. The number of carboxylic acids is 1. The zero-order chi connectivity index (χ0) is 23.1. The Morgan fingerprint density at radius 1 is 1.15 bits per heavy atom. The van der Waals surface area contributed by atoms with Crippen molar-refractivity contribution in [3.8, 4) is 5.75 Å². The number of ether oxygens (including phenoxy) is 1. The number of hydrogen-bond acceptors (Lipinski definition) is 6. The molecule has 0 aliphatic carbocycles. The first kappa shape index (κ1) is 21.0. The van der Waals surface area contributed by atoms with Gasteiger partial charge in [-0.25, -0.2) is 0 Å². The molecule has 2 aliphatic heterocycles. The first-order chi connectivity index (χ1) is 15.9. The van der Waals surface area contributed by atoms with Crippen molar-refractivity contribution in [2.75, 3.05) is 25.1 Å². The van der Waals surface area contributed by atoms with Crippen molar-refractivity contribution in [2.24, 2.45) is 5.92 Å². The average Bonchev–Trinajstić information content (AvgIpc) is 3.19. The molecule has 0 spiro atoms. The van der Waals surface area contributed by atoms with Gasteiger partial charge in [-0.1, -0.05) is 12.1 Å². The number of methoxy groups -OCH3 is 1. The third-order valence-electron chi connectivity index (χ3n) is 6.45. The maximum absolute atomic E-state index is 13.3. The number of anilines is 1. The van der Waals surface area contributed by atoms with Crippen LogP contribution in [0.1, 0.15) is 24.4 Å². The number of benzene rings is 2. The molecule has 0 saturated carbocycles. The molecule has 9 nitrogen and oxygen atoms in total. The number of carbonyl (C=O) groups is 3. The third kappa shape index (κ3) is 3.79. The summed E-state index contributed by atoms with van der Waals surface area (Å²) in [7, 11) is 1.59. The fraction of sp³-hybridized carbons (Fsp3) is 0.333. The third-order valence-corrected chi connectivity index (χ3v) is 6.45. The molecule has 1 aromatic heterocycles. The summed E-state index contributed by atoms with van der Waals surface area (Å²) in [4.78, 5) is 40.2. The van der Waals surface area contributed by atoms with Crippen molar-refractivity contribution in [2.45, 2.75) is 25.4 Å². The van der Waals surface area contributed by atoms with E-state index in [0.717, 1.165) is 22.2 Å². The van der Waals surface area contributed by atoms with Gasteiger partial charge in [0.05, 0.1) is 31.3 Å². The van der Waals surface area contributed by atoms with E-state index in [2.05, 4.69) is 5.10 Å². The SMILES string of the molecule is COc1ccc(CN2C(=O)CCC(n3ncc4cc(N5CC(C(=O)O)C5)ccc43)C2=O)cc1. The zero-order valence-electron chi connectivity index (χ0n) is 18.2. The molecular weight excluding hydrogens is 424 g/mol. The number of likely N-dealkylation sites (tertiary alicyclic amines) is 1. The highest BCUT2D eigenvalue weighted by atomic mass is 16.5. The summed E-state index contributed by atoms with van der Waals surface area (Å²) in [6.45, 7) is 1.18. The molecule has 0 radical (unpaired) electrons. The summed E-state index contributed by atoms with van der Waals surface area (Å²) >= 11 is 0. The van der Waals surface area contributed by atoms with Crippen LogP contribution in [0, 0.1) is 5.92 Å². The lowest BCUT2D eigenvalue weighted by Gasteiger charge is -2.38. The molecule has 2 fully saturated rings. The Morgan fingerprint density at radius 2 is 1.91 bits per heavy atom. The minimum atomic E-state index is -0.773. The molecule has 1 N–H and O–H groups in total. The highest BCUT2D eigenvalue weighted by Crippen LogP contribution is 2.32. The predicted molar refractivity (Wildman–Crippen MR) is 120 cm³/mol. The Labute approximate surface area is 190 Å². The van der Waals surface area contributed by atoms with Gasteiger partial charge < -0.3 is 14.7 Å². The van der Waals surface area contributed by atoms with E-state index >= 15 is 0 Å². The van der Waals surface area contributed by atoms with Crippen molar-refractivity contribution in [3.63, 3.8) is 0 Å². The monoisotopic (exact) mass is 448 g/mol. The van der Waals surface area contributed by atoms with E-state index in [4.69, 9.17) is 9.84 Å². The van der Waals surface area contributed by atoms with Gasteiger partial charge in [0.15, 0.2) is 0 Å². The summed E-state index contributed by atoms with van der Waals surface area (Å²) in [6, 6.07) is 12.5. The smallest absolute Gasteiger partial charge is 0.310 e. The number of rotatable bonds is 6. The molecule has 33 heavy (non-hydrogen) atoms. The van der Waals surface area contributed by atoms with Gasteiger partial charge in [-0.2, -0.15) is 5.10 Å². The minimum absolute atomic E-state index is 0.184. The lowest BCUT2D eigenvalue weighted by Crippen LogP contribution is -2.50. The Bertz CT molecular complexity index is 1230. The zero-order valence-corrected chi connectivity index (χ0v) is 18.2. The number of nitrogens with zero attached hydrogens (tertiary/aromatic N) is 4. The van der Waals surface area contributed by atoms with Gasteiger partial charge in [0.2, 0.25) is 5.91 Å². The van der Waals surface area contributed by atoms with Crippen molar-refractivity contribution in [3.05, 3.63) is 54.2 Å². The summed E-state index contributed by atoms with van der Waals surface area (Å²) in [5.41, 5.74) is 2.60. The van der Waals surface area contributed by atoms with Gasteiger partial charge in [-0.05, 0) is 42.3 Å². The average molecular weight is 448 g/mol. The summed E-state index contributed by atoms with van der Waals surface area (Å²) in [5, 5.41) is 14.4. The fourth-order valence-corrected chi connectivity index (χ4v) is 4.46. The Morgan fingerprint density at radius 3 is 2.61 bits per heavy atom. The number of aromatic nitrogens is 2. The topological polar surface area (TPSA) is 105 Å². The van der Waals surface area contributed by atoms with Gasteiger partial charge in [0, 0.05) is 30.6 Å². The normalized spacial score (nSPS) is 19.1. The highest BCUT2D eigenvalue weighted by Gasteiger charge is 2.37. The van der Waals surface area contributed by atoms with Gasteiger partial charge in [0.1, 0.15) is 11.8 Å². The minimum Gasteiger partial charge on any atom is -0.497 e. The van der Waals surface area contributed by atoms with Crippen LogP contribution < -0.4 is 9.64 Å². The van der Waals surface area contributed by atoms with Gasteiger partial charge in [0.25, 0.3) is 5.91 Å². The molecule has 5 rings (SSSR count). The molecule has 2 saturated heterocycles. The van der Waals surface area contributed by atoms with E-state index in [1.54, 1.807) is 30.1 Å². The molecule has 2 aromatic carbocycles. The van der Waals surface area contributed by atoms with Crippen LogP contribution in [0.25, 0.3) is 10.9 Å². The first-order valence-electron chi connectivity index (χ1n) is 10.9. The molecule has 1 unspecified atom stereocenters. The van der Waals surface area contributed by atoms with E-state index in [0.29, 0.717) is 25.3 Å². The second-order valence-corrected chi connectivity index (χ2v) is 8.49. The fourth-order valence-electron chi connectivity index (χ4n) is 4.46. The Hall–Kier alpha value is -3.88. The van der Waals surface area contributed by atoms with Gasteiger partial charge in [-0.3, -0.25) is 24.0 Å². The molecule has 3 heterocycles. The molecule has 9 heteroatoms. The van der Waals surface area contributed by atoms with Crippen LogP contribution in [0.2, 0.25) is 0 Å². The van der Waals surface area contributed by atoms with Gasteiger partial charge >= 0.3 is 5.97 Å². The van der Waals surface area contributed by atoms with Crippen LogP contribution in [0.3, 0.4) is 0 Å². The van der Waals surface area contributed by atoms with Crippen molar-refractivity contribution in [1.82, 2.24) is 14.7 Å². The first-order valence-corrected chi connectivity index (χ1v) is 10.9. The lowest BCUT2D eigenvalue weighted by molar-refractivity contribution is -0.152. The number of carboxylic acid groups (broad SMARTS) is 1. The van der Waals surface area contributed by atoms with Crippen LogP contribution in [0.4, 0.5) is 5.69 Å². The number of carbonyl (C=O) groups excluding carboxylic acids is 2. The highest BCUT2D eigenvalue weighted by molar-refractivity contribution is 6.00. The van der Waals surface area contributed by atoms with E-state index in [1.165, 1.54) is 4.90 Å². The molecule has 2 amide bonds. The standard InChI is InChI=1S/C24H24N4O5/c1-33-19-5-2-15(3-6-19)12-27-22(29)9-8-21(23(27)30)28-20-7-4-18(10-16(20)11-25-28)26-13-17(14-26)24(31)32/h2-7,10-11,17,21H,8-9,12-14H2,1H3,(H,31,32). The molecule has 1 atom stereocenters. The predicted octanol–water partition coefficient (Wildman–Crippen LogP) is 2.46. The van der Waals surface area contributed by atoms with Crippen molar-refractivity contribution < 1.29 is 24.2 Å². The van der Waals surface area contributed by atoms with E-state index in [1.807, 2.05) is 35.2 Å². The molecule has 2 aliphatic rings. The number of hydrogen-bond donors (Lipinski definition) is 1. The van der Waals surface area contributed by atoms with Crippen molar-refractivity contribution in [1.29, 1.82) is 0 Å². The second kappa shape index (κ2) is 8.23. The molecular formula is C24H24N4O5. The Balaban J connectivity index is 1.35. The second-order valence-electron chi connectivity index (χ2n) is 8.49. The van der Waals surface area contributed by atoms with E-state index < -0.39 is 12.0 Å². The number of imide groups is 1. The van der Waals surface area contributed by atoms with Crippen LogP contribution in [0.15, 0.2) is 48.7 Å². The number of aliphatic carboxylic acids is 1. The number of fused-ring (bicyclic) bond motifs is 1. The Kier molecular flexibility index (Phi) is 5.24. The van der Waals surface area contributed by atoms with Crippen LogP contribution in [0.5, 0.6) is 5.75 Å². The lowest BCUT2D eigenvalue weighted by atomic mass is 9.99. The van der Waals surface area contributed by atoms with Crippen LogP contribution >= 0.6 is 0 Å². The molecule has 0 bridgehead atoms. The van der Waals surface area contributed by atoms with Gasteiger partial charge in [-0.15, -0.1) is 0 Å². The largest absolute Gasteiger partial charge is 0.497 e. The van der Waals surface area contributed by atoms with E-state index in [-0.39, 0.29) is 30.7 Å². The molecule has 3 aromatic rings. The van der Waals surface area contributed by atoms with E-state index in [9.17, 15) is 14.4 Å². The summed E-state index contributed by atoms with van der Waals surface area (Å²) < 4.78 is 6.87. The maximum atomic E-state index is 13.3. The van der Waals surface area contributed by atoms with Crippen LogP contribution in [-0.4, -0.2) is 57.8 Å². The van der Waals surface area contributed by atoms with Crippen LogP contribution in [-0.2, 0) is 20.9 Å². The van der Waals surface area contributed by atoms with Crippen molar-refractivity contribution >= 4 is 34.4 Å². The summed E-state index contributed by atoms with van der Waals surface area (Å²) in [5.74, 6) is -0.839. The number of piperidine rings is 1. The molecule has 170 valence electrons.